The Labute approximate surface area is 171 Å². The number of cyclic esters (lactones) is 1. The summed E-state index contributed by atoms with van der Waals surface area (Å²) >= 11 is 0. The molecule has 3 saturated heterocycles. The lowest BCUT2D eigenvalue weighted by Crippen LogP contribution is -2.73. The van der Waals surface area contributed by atoms with Crippen molar-refractivity contribution in [3.8, 4) is 0 Å². The smallest absolute Gasteiger partial charge is 0.416 e. The first kappa shape index (κ1) is 20.9. The number of nitrogens with one attached hydrogen (secondary N) is 1. The van der Waals surface area contributed by atoms with Crippen molar-refractivity contribution >= 4 is 22.0 Å². The number of amides is 2. The highest BCUT2D eigenvalue weighted by Crippen LogP contribution is 2.42. The van der Waals surface area contributed by atoms with Crippen LogP contribution in [0.5, 0.6) is 0 Å². The zero-order valence-electron chi connectivity index (χ0n) is 15.8. The molecule has 30 heavy (non-hydrogen) atoms. The molecule has 3 aliphatic rings. The number of nitrogens with zero attached hydrogens (tertiary/aromatic N) is 2. The maximum absolute atomic E-state index is 12.7. The van der Waals surface area contributed by atoms with Gasteiger partial charge < -0.3 is 15.0 Å². The summed E-state index contributed by atoms with van der Waals surface area (Å²) in [6.07, 6.45) is -4.28. The van der Waals surface area contributed by atoms with Gasteiger partial charge in [-0.05, 0) is 30.7 Å². The highest BCUT2D eigenvalue weighted by molar-refractivity contribution is 7.89. The van der Waals surface area contributed by atoms with Crippen LogP contribution in [0.25, 0.3) is 0 Å². The first-order valence-corrected chi connectivity index (χ1v) is 10.8. The lowest BCUT2D eigenvalue weighted by molar-refractivity contribution is -0.152. The summed E-state index contributed by atoms with van der Waals surface area (Å²) in [6.45, 7) is 1.59. The molecule has 0 bridgehead atoms. The van der Waals surface area contributed by atoms with Gasteiger partial charge in [0.1, 0.15) is 6.61 Å². The first-order valence-electron chi connectivity index (χ1n) is 9.37. The summed E-state index contributed by atoms with van der Waals surface area (Å²) in [6, 6.07) is 3.26. The van der Waals surface area contributed by atoms with Crippen LogP contribution in [0.1, 0.15) is 18.4 Å². The number of alkyl halides is 3. The van der Waals surface area contributed by atoms with E-state index in [0.717, 1.165) is 24.3 Å². The Kier molecular flexibility index (Phi) is 4.96. The van der Waals surface area contributed by atoms with Gasteiger partial charge in [-0.15, -0.1) is 0 Å². The quantitative estimate of drug-likeness (QED) is 0.737. The number of alkyl carbamates (subject to hydrolysis) is 1. The van der Waals surface area contributed by atoms with Crippen molar-refractivity contribution in [2.45, 2.75) is 30.0 Å². The van der Waals surface area contributed by atoms with Gasteiger partial charge in [-0.2, -0.15) is 17.5 Å². The van der Waals surface area contributed by atoms with Crippen LogP contribution >= 0.6 is 0 Å². The molecule has 3 fully saturated rings. The molecule has 1 aromatic carbocycles. The molecule has 0 radical (unpaired) electrons. The van der Waals surface area contributed by atoms with E-state index in [2.05, 4.69) is 5.32 Å². The predicted octanol–water partition coefficient (Wildman–Crippen LogP) is 1.43. The Bertz CT molecular complexity index is 950. The minimum atomic E-state index is -4.53. The number of hydrogen-bond acceptors (Lipinski definition) is 5. The van der Waals surface area contributed by atoms with E-state index in [4.69, 9.17) is 4.74 Å². The number of rotatable bonds is 5. The minimum Gasteiger partial charge on any atom is -0.447 e. The molecule has 0 aliphatic carbocycles. The monoisotopic (exact) mass is 447 g/mol. The van der Waals surface area contributed by atoms with Crippen LogP contribution in [-0.2, 0) is 25.7 Å². The summed E-state index contributed by atoms with van der Waals surface area (Å²) in [5.41, 5.74) is -1.20. The Morgan fingerprint density at radius 1 is 1.17 bits per heavy atom. The fourth-order valence-corrected chi connectivity index (χ4v) is 5.68. The topological polar surface area (TPSA) is 96.0 Å². The zero-order valence-corrected chi connectivity index (χ0v) is 16.6. The van der Waals surface area contributed by atoms with Crippen LogP contribution in [0, 0.1) is 5.41 Å². The number of likely N-dealkylation sites (tertiary alicyclic amines) is 1. The molecular formula is C18H20F3N3O5S. The van der Waals surface area contributed by atoms with Gasteiger partial charge in [0, 0.05) is 38.0 Å². The molecule has 0 unspecified atom stereocenters. The molecule has 1 atom stereocenters. The van der Waals surface area contributed by atoms with E-state index in [9.17, 15) is 31.2 Å². The lowest BCUT2D eigenvalue weighted by Gasteiger charge is -2.59. The van der Waals surface area contributed by atoms with Gasteiger partial charge in [-0.25, -0.2) is 13.2 Å². The second kappa shape index (κ2) is 7.12. The summed E-state index contributed by atoms with van der Waals surface area (Å²) in [5, 5.41) is 2.60. The number of carbonyl (C=O) groups is 2. The molecule has 4 rings (SSSR count). The van der Waals surface area contributed by atoms with Crippen LogP contribution in [0.4, 0.5) is 18.0 Å². The van der Waals surface area contributed by atoms with Gasteiger partial charge in [0.15, 0.2) is 0 Å². The molecular weight excluding hydrogens is 427 g/mol. The molecule has 2 amide bonds. The third kappa shape index (κ3) is 3.85. The van der Waals surface area contributed by atoms with Gasteiger partial charge in [0.25, 0.3) is 0 Å². The minimum absolute atomic E-state index is 0.0641. The fourth-order valence-electron chi connectivity index (χ4n) is 4.01. The summed E-state index contributed by atoms with van der Waals surface area (Å²) in [4.78, 5) is 24.7. The highest BCUT2D eigenvalue weighted by atomic mass is 32.2. The highest BCUT2D eigenvalue weighted by Gasteiger charge is 2.56. The molecule has 1 N–H and O–H groups in total. The average Bonchev–Trinajstić information content (AvgIpc) is 3.02. The number of sulfonamides is 1. The van der Waals surface area contributed by atoms with Gasteiger partial charge in [0.2, 0.25) is 15.9 Å². The summed E-state index contributed by atoms with van der Waals surface area (Å²) < 4.78 is 69.2. The average molecular weight is 447 g/mol. The van der Waals surface area contributed by atoms with E-state index in [-0.39, 0.29) is 48.4 Å². The zero-order chi connectivity index (χ0) is 21.7. The van der Waals surface area contributed by atoms with E-state index >= 15 is 0 Å². The Balaban J connectivity index is 1.27. The largest absolute Gasteiger partial charge is 0.447 e. The van der Waals surface area contributed by atoms with Crippen molar-refractivity contribution in [2.24, 2.45) is 5.41 Å². The third-order valence-corrected chi connectivity index (χ3v) is 7.50. The molecule has 8 nitrogen and oxygen atoms in total. The third-order valence-electron chi connectivity index (χ3n) is 5.69. The molecule has 1 spiro atoms. The Hall–Kier alpha value is -2.34. The van der Waals surface area contributed by atoms with Gasteiger partial charge in [0.05, 0.1) is 16.5 Å². The Morgan fingerprint density at radius 3 is 2.33 bits per heavy atom. The number of hydrogen-bond donors (Lipinski definition) is 1. The van der Waals surface area contributed by atoms with E-state index in [1.54, 1.807) is 4.90 Å². The molecule has 0 saturated carbocycles. The van der Waals surface area contributed by atoms with Gasteiger partial charge in [-0.3, -0.25) is 4.79 Å². The number of benzene rings is 1. The van der Waals surface area contributed by atoms with Crippen molar-refractivity contribution in [1.29, 1.82) is 0 Å². The van der Waals surface area contributed by atoms with Gasteiger partial charge >= 0.3 is 12.3 Å². The number of carbonyl (C=O) groups excluding carboxylic acids is 2. The molecule has 164 valence electrons. The standard InChI is InChI=1S/C18H20F3N3O5S/c19-18(20,21)12-1-4-14(5-2-12)30(27,28)24-10-17(11-24)8-23(9-17)15(25)6-3-13-7-29-16(26)22-13/h1-2,4-5,13H,3,6-11H2,(H,22,26)/t13-/m1/s1. The molecule has 3 aliphatic heterocycles. The normalized spacial score (nSPS) is 23.5. The molecule has 12 heteroatoms. The lowest BCUT2D eigenvalue weighted by atomic mass is 9.74. The predicted molar refractivity (Wildman–Crippen MR) is 96.7 cm³/mol. The molecule has 1 aromatic rings. The van der Waals surface area contributed by atoms with E-state index in [0.29, 0.717) is 19.5 Å². The van der Waals surface area contributed by atoms with Crippen LogP contribution in [0.3, 0.4) is 0 Å². The summed E-state index contributed by atoms with van der Waals surface area (Å²) in [5.74, 6) is -0.0641. The van der Waals surface area contributed by atoms with E-state index in [1.165, 1.54) is 4.31 Å². The van der Waals surface area contributed by atoms with Crippen molar-refractivity contribution in [3.05, 3.63) is 29.8 Å². The van der Waals surface area contributed by atoms with Crippen LogP contribution in [0.2, 0.25) is 0 Å². The van der Waals surface area contributed by atoms with E-state index in [1.807, 2.05) is 0 Å². The van der Waals surface area contributed by atoms with Crippen molar-refractivity contribution in [2.75, 3.05) is 32.8 Å². The van der Waals surface area contributed by atoms with Crippen LogP contribution in [-0.4, -0.2) is 68.5 Å². The van der Waals surface area contributed by atoms with Gasteiger partial charge in [-0.1, -0.05) is 0 Å². The van der Waals surface area contributed by atoms with Crippen LogP contribution < -0.4 is 5.32 Å². The maximum Gasteiger partial charge on any atom is 0.416 e. The molecule has 0 aromatic heterocycles. The first-order chi connectivity index (χ1) is 14.0. The summed E-state index contributed by atoms with van der Waals surface area (Å²) in [7, 11) is -3.87. The van der Waals surface area contributed by atoms with Crippen molar-refractivity contribution < 1.29 is 35.9 Å². The molecule has 3 heterocycles. The van der Waals surface area contributed by atoms with Crippen LogP contribution in [0.15, 0.2) is 29.2 Å². The van der Waals surface area contributed by atoms with Crippen molar-refractivity contribution in [1.82, 2.24) is 14.5 Å². The fraction of sp³-hybridized carbons (Fsp3) is 0.556. The second-order valence-electron chi connectivity index (χ2n) is 8.02. The second-order valence-corrected chi connectivity index (χ2v) is 9.96. The number of halogens is 3. The maximum atomic E-state index is 12.7. The number of ether oxygens (including phenoxy) is 1. The Morgan fingerprint density at radius 2 is 1.80 bits per heavy atom. The van der Waals surface area contributed by atoms with E-state index < -0.39 is 27.9 Å². The van der Waals surface area contributed by atoms with Crippen molar-refractivity contribution in [3.63, 3.8) is 0 Å². The SMILES string of the molecule is O=C1N[C@H](CCC(=O)N2CC3(C2)CN(S(=O)(=O)c2ccc(C(F)(F)F)cc2)C3)CO1.